The molecule has 0 atom stereocenters. The average Bonchev–Trinajstić information content (AvgIpc) is 3.18. The first kappa shape index (κ1) is 13.4. The van der Waals surface area contributed by atoms with E-state index in [2.05, 4.69) is 29.6 Å². The Hall–Kier alpha value is -1.06. The third-order valence-electron chi connectivity index (χ3n) is 3.03. The van der Waals surface area contributed by atoms with Crippen molar-refractivity contribution in [3.8, 4) is 5.75 Å². The van der Waals surface area contributed by atoms with E-state index in [1.165, 1.54) is 18.4 Å². The highest BCUT2D eigenvalue weighted by atomic mass is 16.5. The number of aryl methyl sites for hydroxylation is 1. The minimum absolute atomic E-state index is 0.482. The first-order valence-electron chi connectivity index (χ1n) is 6.84. The second kappa shape index (κ2) is 7.39. The molecule has 3 nitrogen and oxygen atoms in total. The molecule has 0 radical (unpaired) electrons. The van der Waals surface area contributed by atoms with Gasteiger partial charge in [-0.15, -0.1) is 0 Å². The summed E-state index contributed by atoms with van der Waals surface area (Å²) in [6, 6.07) is 8.49. The van der Waals surface area contributed by atoms with Crippen molar-refractivity contribution in [1.82, 2.24) is 5.32 Å². The van der Waals surface area contributed by atoms with Gasteiger partial charge in [0.2, 0.25) is 0 Å². The summed E-state index contributed by atoms with van der Waals surface area (Å²) in [7, 11) is 1.73. The van der Waals surface area contributed by atoms with Crippen LogP contribution in [0.2, 0.25) is 0 Å². The minimum Gasteiger partial charge on any atom is -0.490 e. The quantitative estimate of drug-likeness (QED) is 0.682. The van der Waals surface area contributed by atoms with Gasteiger partial charge in [-0.2, -0.15) is 0 Å². The molecule has 1 saturated carbocycles. The first-order chi connectivity index (χ1) is 8.88. The normalized spacial score (nSPS) is 14.7. The molecule has 1 aromatic carbocycles. The van der Waals surface area contributed by atoms with E-state index in [0.717, 1.165) is 38.3 Å². The zero-order chi connectivity index (χ0) is 12.6. The van der Waals surface area contributed by atoms with Crippen LogP contribution in [0.5, 0.6) is 5.75 Å². The van der Waals surface area contributed by atoms with E-state index in [9.17, 15) is 0 Å². The number of ether oxygens (including phenoxy) is 2. The zero-order valence-electron chi connectivity index (χ0n) is 11.2. The van der Waals surface area contributed by atoms with E-state index >= 15 is 0 Å². The highest BCUT2D eigenvalue weighted by molar-refractivity contribution is 5.29. The standard InChI is InChI=1S/C15H23NO2/c1-17-11-10-16-9-3-5-13-4-2-6-15(12-13)18-14-7-8-14/h2,4,6,12,14,16H,3,5,7-11H2,1H3. The molecule has 0 heterocycles. The van der Waals surface area contributed by atoms with Crippen LogP contribution in [0.25, 0.3) is 0 Å². The van der Waals surface area contributed by atoms with Gasteiger partial charge >= 0.3 is 0 Å². The van der Waals surface area contributed by atoms with Crippen LogP contribution < -0.4 is 10.1 Å². The average molecular weight is 249 g/mol. The Morgan fingerprint density at radius 2 is 2.17 bits per heavy atom. The molecule has 1 aliphatic rings. The van der Waals surface area contributed by atoms with Gasteiger partial charge in [0.1, 0.15) is 5.75 Å². The number of rotatable bonds is 9. The van der Waals surface area contributed by atoms with Gasteiger partial charge in [0, 0.05) is 13.7 Å². The molecule has 18 heavy (non-hydrogen) atoms. The molecule has 0 aromatic heterocycles. The molecule has 0 bridgehead atoms. The van der Waals surface area contributed by atoms with Crippen LogP contribution in [0.3, 0.4) is 0 Å². The molecule has 2 rings (SSSR count). The van der Waals surface area contributed by atoms with Crippen molar-refractivity contribution in [3.63, 3.8) is 0 Å². The van der Waals surface area contributed by atoms with Crippen LogP contribution in [0.4, 0.5) is 0 Å². The summed E-state index contributed by atoms with van der Waals surface area (Å²) >= 11 is 0. The monoisotopic (exact) mass is 249 g/mol. The van der Waals surface area contributed by atoms with Gasteiger partial charge in [0.25, 0.3) is 0 Å². The van der Waals surface area contributed by atoms with Crippen molar-refractivity contribution in [1.29, 1.82) is 0 Å². The molecular weight excluding hydrogens is 226 g/mol. The van der Waals surface area contributed by atoms with Gasteiger partial charge in [-0.05, 0) is 49.9 Å². The summed E-state index contributed by atoms with van der Waals surface area (Å²) in [5.74, 6) is 1.03. The third kappa shape index (κ3) is 5.07. The second-order valence-corrected chi connectivity index (χ2v) is 4.81. The fraction of sp³-hybridized carbons (Fsp3) is 0.600. The fourth-order valence-electron chi connectivity index (χ4n) is 1.87. The predicted octanol–water partition coefficient (Wildman–Crippen LogP) is 2.40. The van der Waals surface area contributed by atoms with Crippen molar-refractivity contribution in [2.75, 3.05) is 26.8 Å². The molecule has 0 amide bonds. The molecule has 1 aromatic rings. The van der Waals surface area contributed by atoms with Crippen LogP contribution in [-0.4, -0.2) is 32.9 Å². The Kier molecular flexibility index (Phi) is 5.49. The smallest absolute Gasteiger partial charge is 0.119 e. The number of methoxy groups -OCH3 is 1. The summed E-state index contributed by atoms with van der Waals surface area (Å²) in [6.45, 7) is 2.75. The van der Waals surface area contributed by atoms with E-state index in [1.54, 1.807) is 7.11 Å². The highest BCUT2D eigenvalue weighted by Crippen LogP contribution is 2.27. The number of nitrogens with one attached hydrogen (secondary N) is 1. The van der Waals surface area contributed by atoms with Gasteiger partial charge in [-0.3, -0.25) is 0 Å². The van der Waals surface area contributed by atoms with Gasteiger partial charge < -0.3 is 14.8 Å². The summed E-state index contributed by atoms with van der Waals surface area (Å²) < 4.78 is 10.8. The maximum atomic E-state index is 5.79. The van der Waals surface area contributed by atoms with Crippen molar-refractivity contribution in [2.24, 2.45) is 0 Å². The van der Waals surface area contributed by atoms with Crippen LogP contribution in [0.1, 0.15) is 24.8 Å². The SMILES string of the molecule is COCCNCCCc1cccc(OC2CC2)c1. The van der Waals surface area contributed by atoms with E-state index in [1.807, 2.05) is 0 Å². The molecule has 1 N–H and O–H groups in total. The van der Waals surface area contributed by atoms with Crippen molar-refractivity contribution < 1.29 is 9.47 Å². The largest absolute Gasteiger partial charge is 0.490 e. The lowest BCUT2D eigenvalue weighted by atomic mass is 10.1. The maximum Gasteiger partial charge on any atom is 0.119 e. The van der Waals surface area contributed by atoms with E-state index in [-0.39, 0.29) is 0 Å². The maximum absolute atomic E-state index is 5.79. The fourth-order valence-corrected chi connectivity index (χ4v) is 1.87. The Labute approximate surface area is 109 Å². The third-order valence-corrected chi connectivity index (χ3v) is 3.03. The Morgan fingerprint density at radius 3 is 2.94 bits per heavy atom. The van der Waals surface area contributed by atoms with Gasteiger partial charge in [0.15, 0.2) is 0 Å². The summed E-state index contributed by atoms with van der Waals surface area (Å²) in [4.78, 5) is 0. The number of benzene rings is 1. The predicted molar refractivity (Wildman–Crippen MR) is 73.2 cm³/mol. The molecule has 0 aliphatic heterocycles. The summed E-state index contributed by atoms with van der Waals surface area (Å²) in [5, 5.41) is 3.36. The number of hydrogen-bond donors (Lipinski definition) is 1. The van der Waals surface area contributed by atoms with Gasteiger partial charge in [-0.1, -0.05) is 12.1 Å². The molecule has 1 fully saturated rings. The molecule has 0 unspecified atom stereocenters. The van der Waals surface area contributed by atoms with Crippen molar-refractivity contribution in [2.45, 2.75) is 31.8 Å². The second-order valence-electron chi connectivity index (χ2n) is 4.81. The van der Waals surface area contributed by atoms with E-state index in [0.29, 0.717) is 6.10 Å². The van der Waals surface area contributed by atoms with Gasteiger partial charge in [-0.25, -0.2) is 0 Å². The molecule has 100 valence electrons. The minimum atomic E-state index is 0.482. The highest BCUT2D eigenvalue weighted by Gasteiger charge is 2.23. The molecule has 0 saturated heterocycles. The Bertz CT molecular complexity index is 350. The van der Waals surface area contributed by atoms with Crippen LogP contribution in [0, 0.1) is 0 Å². The van der Waals surface area contributed by atoms with Crippen molar-refractivity contribution >= 4 is 0 Å². The molecule has 0 spiro atoms. The summed E-state index contributed by atoms with van der Waals surface area (Å²) in [5.41, 5.74) is 1.36. The first-order valence-corrected chi connectivity index (χ1v) is 6.84. The van der Waals surface area contributed by atoms with Gasteiger partial charge in [0.05, 0.1) is 12.7 Å². The van der Waals surface area contributed by atoms with Crippen LogP contribution >= 0.6 is 0 Å². The molecule has 3 heteroatoms. The topological polar surface area (TPSA) is 30.5 Å². The Balaban J connectivity index is 1.65. The molecular formula is C15H23NO2. The van der Waals surface area contributed by atoms with Crippen LogP contribution in [-0.2, 0) is 11.2 Å². The Morgan fingerprint density at radius 1 is 1.28 bits per heavy atom. The lowest BCUT2D eigenvalue weighted by Gasteiger charge is -2.07. The summed E-state index contributed by atoms with van der Waals surface area (Å²) in [6.07, 6.45) is 5.16. The zero-order valence-corrected chi connectivity index (χ0v) is 11.2. The number of hydrogen-bond acceptors (Lipinski definition) is 3. The molecule has 1 aliphatic carbocycles. The van der Waals surface area contributed by atoms with E-state index < -0.39 is 0 Å². The van der Waals surface area contributed by atoms with E-state index in [4.69, 9.17) is 9.47 Å². The van der Waals surface area contributed by atoms with Crippen molar-refractivity contribution in [3.05, 3.63) is 29.8 Å². The lowest BCUT2D eigenvalue weighted by Crippen LogP contribution is -2.20. The van der Waals surface area contributed by atoms with Crippen LogP contribution in [0.15, 0.2) is 24.3 Å². The lowest BCUT2D eigenvalue weighted by molar-refractivity contribution is 0.199.